The van der Waals surface area contributed by atoms with Gasteiger partial charge in [0, 0.05) is 17.7 Å². The van der Waals surface area contributed by atoms with Gasteiger partial charge in [0.15, 0.2) is 11.6 Å². The molecule has 142 valence electrons. The first kappa shape index (κ1) is 17.2. The van der Waals surface area contributed by atoms with E-state index < -0.39 is 6.04 Å². The number of benzene rings is 1. The molecule has 5 rings (SSSR count). The highest BCUT2D eigenvalue weighted by atomic mass is 32.1. The first-order valence-electron chi connectivity index (χ1n) is 9.24. The van der Waals surface area contributed by atoms with E-state index in [4.69, 9.17) is 10.1 Å². The number of phenols is 1. The van der Waals surface area contributed by atoms with Gasteiger partial charge in [0.05, 0.1) is 4.88 Å². The topological polar surface area (TPSA) is 80.0 Å². The van der Waals surface area contributed by atoms with E-state index >= 15 is 0 Å². The smallest absolute Gasteiger partial charge is 0.226 e. The minimum absolute atomic E-state index is 0.106. The van der Waals surface area contributed by atoms with Crippen LogP contribution >= 0.6 is 11.3 Å². The van der Waals surface area contributed by atoms with Crippen LogP contribution < -0.4 is 5.32 Å². The van der Waals surface area contributed by atoms with Gasteiger partial charge in [-0.25, -0.2) is 4.68 Å². The Morgan fingerprint density at radius 3 is 2.86 bits per heavy atom. The highest BCUT2D eigenvalue weighted by molar-refractivity contribution is 7.13. The third-order valence-corrected chi connectivity index (χ3v) is 6.13. The summed E-state index contributed by atoms with van der Waals surface area (Å²) < 4.78 is 1.78. The van der Waals surface area contributed by atoms with E-state index in [0.717, 1.165) is 28.1 Å². The van der Waals surface area contributed by atoms with Crippen molar-refractivity contribution < 1.29 is 9.90 Å². The largest absolute Gasteiger partial charge is 0.508 e. The van der Waals surface area contributed by atoms with Crippen molar-refractivity contribution in [2.75, 3.05) is 5.32 Å². The van der Waals surface area contributed by atoms with Crippen LogP contribution in [-0.4, -0.2) is 25.7 Å². The lowest BCUT2D eigenvalue weighted by molar-refractivity contribution is -0.118. The van der Waals surface area contributed by atoms with Crippen molar-refractivity contribution in [1.29, 1.82) is 0 Å². The average Bonchev–Trinajstić information content (AvgIpc) is 3.28. The predicted octanol–water partition coefficient (Wildman–Crippen LogP) is 4.37. The van der Waals surface area contributed by atoms with Crippen molar-refractivity contribution in [3.05, 3.63) is 58.6 Å². The summed E-state index contributed by atoms with van der Waals surface area (Å²) in [5, 5.41) is 20.1. The molecule has 0 radical (unpaired) electrons. The van der Waals surface area contributed by atoms with Crippen LogP contribution in [0.2, 0.25) is 0 Å². The zero-order chi connectivity index (χ0) is 19.5. The summed E-state index contributed by atoms with van der Waals surface area (Å²) in [5.74, 6) is 1.54. The molecule has 3 heterocycles. The third kappa shape index (κ3) is 2.74. The molecule has 3 aromatic rings. The Morgan fingerprint density at radius 1 is 1.25 bits per heavy atom. The van der Waals surface area contributed by atoms with Gasteiger partial charge in [-0.15, -0.1) is 16.4 Å². The van der Waals surface area contributed by atoms with Gasteiger partial charge >= 0.3 is 0 Å². The Morgan fingerprint density at radius 2 is 2.11 bits per heavy atom. The molecule has 1 unspecified atom stereocenters. The summed E-state index contributed by atoms with van der Waals surface area (Å²) in [5.41, 5.74) is 2.35. The van der Waals surface area contributed by atoms with Crippen LogP contribution in [0.15, 0.2) is 53.0 Å². The molecule has 0 saturated heterocycles. The molecule has 1 aromatic carbocycles. The second-order valence-electron chi connectivity index (χ2n) is 8.14. The number of phenolic OH excluding ortho intramolecular Hbond substituents is 1. The van der Waals surface area contributed by atoms with Crippen LogP contribution in [0.25, 0.3) is 10.7 Å². The number of fused-ring (bicyclic) bond motifs is 1. The highest BCUT2D eigenvalue weighted by Gasteiger charge is 2.42. The zero-order valence-corrected chi connectivity index (χ0v) is 16.5. The average molecular weight is 392 g/mol. The van der Waals surface area contributed by atoms with E-state index in [1.807, 2.05) is 23.6 Å². The Labute approximate surface area is 166 Å². The second kappa shape index (κ2) is 6.04. The predicted molar refractivity (Wildman–Crippen MR) is 108 cm³/mol. The van der Waals surface area contributed by atoms with Crippen LogP contribution in [0, 0.1) is 5.41 Å². The number of rotatable bonds is 2. The van der Waals surface area contributed by atoms with Crippen molar-refractivity contribution >= 4 is 23.1 Å². The molecule has 6 nitrogen and oxygen atoms in total. The molecule has 28 heavy (non-hydrogen) atoms. The van der Waals surface area contributed by atoms with Gasteiger partial charge in [-0.05, 0) is 41.0 Å². The number of Topliss-reactive ketones (excluding diaryl/α,β-unsaturated/α-hetero) is 1. The Kier molecular flexibility index (Phi) is 3.71. The minimum atomic E-state index is -0.400. The summed E-state index contributed by atoms with van der Waals surface area (Å²) in [6, 6.07) is 10.6. The fourth-order valence-corrected chi connectivity index (χ4v) is 4.77. The third-order valence-electron chi connectivity index (χ3n) is 5.26. The summed E-state index contributed by atoms with van der Waals surface area (Å²) >= 11 is 1.58. The fraction of sp³-hybridized carbons (Fsp3) is 0.286. The van der Waals surface area contributed by atoms with Crippen molar-refractivity contribution in [3.8, 4) is 16.5 Å². The van der Waals surface area contributed by atoms with E-state index in [-0.39, 0.29) is 16.9 Å². The maximum atomic E-state index is 13.1. The van der Waals surface area contributed by atoms with Crippen molar-refractivity contribution in [2.45, 2.75) is 32.7 Å². The fourth-order valence-electron chi connectivity index (χ4n) is 4.12. The van der Waals surface area contributed by atoms with Gasteiger partial charge in [-0.3, -0.25) is 4.79 Å². The molecule has 2 aromatic heterocycles. The van der Waals surface area contributed by atoms with Gasteiger partial charge in [0.1, 0.15) is 11.8 Å². The Bertz CT molecular complexity index is 1110. The summed E-state index contributed by atoms with van der Waals surface area (Å²) in [6.07, 6.45) is 1.26. The van der Waals surface area contributed by atoms with E-state index in [9.17, 15) is 9.90 Å². The van der Waals surface area contributed by atoms with E-state index in [1.165, 1.54) is 0 Å². The number of allylic oxidation sites excluding steroid dienone is 2. The standard InChI is InChI=1S/C21H20N4O2S/c1-21(2)10-14-17(15(27)11-21)18(12-5-3-6-13(26)9-12)25-20(22-14)23-19(24-25)16-7-4-8-28-16/h3-9,18,26H,10-11H2,1-2H3,(H,22,23,24). The molecule has 1 aliphatic carbocycles. The van der Waals surface area contributed by atoms with E-state index in [2.05, 4.69) is 19.2 Å². The quantitative estimate of drug-likeness (QED) is 0.677. The van der Waals surface area contributed by atoms with Gasteiger partial charge in [-0.2, -0.15) is 4.98 Å². The summed E-state index contributed by atoms with van der Waals surface area (Å²) in [7, 11) is 0. The number of hydrogen-bond acceptors (Lipinski definition) is 6. The highest BCUT2D eigenvalue weighted by Crippen LogP contribution is 2.46. The van der Waals surface area contributed by atoms with Crippen LogP contribution in [-0.2, 0) is 4.79 Å². The first-order valence-corrected chi connectivity index (χ1v) is 10.1. The number of nitrogens with one attached hydrogen (secondary N) is 1. The van der Waals surface area contributed by atoms with Crippen LogP contribution in [0.1, 0.15) is 38.3 Å². The number of thiophene rings is 1. The molecule has 2 aliphatic rings. The van der Waals surface area contributed by atoms with Gasteiger partial charge in [-0.1, -0.05) is 32.0 Å². The maximum Gasteiger partial charge on any atom is 0.226 e. The number of hydrogen-bond donors (Lipinski definition) is 2. The van der Waals surface area contributed by atoms with E-state index in [0.29, 0.717) is 18.2 Å². The number of carbonyl (C=O) groups is 1. The number of ketones is 1. The Hall–Kier alpha value is -2.93. The lowest BCUT2D eigenvalue weighted by Crippen LogP contribution is -2.36. The molecular formula is C21H20N4O2S. The summed E-state index contributed by atoms with van der Waals surface area (Å²) in [4.78, 5) is 18.8. The van der Waals surface area contributed by atoms with Crippen molar-refractivity contribution in [3.63, 3.8) is 0 Å². The van der Waals surface area contributed by atoms with Crippen LogP contribution in [0.4, 0.5) is 5.95 Å². The van der Waals surface area contributed by atoms with Crippen LogP contribution in [0.3, 0.4) is 0 Å². The normalized spacial score (nSPS) is 20.5. The number of aromatic nitrogens is 3. The van der Waals surface area contributed by atoms with Crippen LogP contribution in [0.5, 0.6) is 5.75 Å². The molecule has 0 fully saturated rings. The SMILES string of the molecule is CC1(C)CC(=O)C2=C(C1)Nc1nc(-c3cccs3)nn1C2c1cccc(O)c1. The molecule has 0 bridgehead atoms. The van der Waals surface area contributed by atoms with E-state index in [1.54, 1.807) is 34.2 Å². The monoisotopic (exact) mass is 392 g/mol. The minimum Gasteiger partial charge on any atom is -0.508 e. The molecule has 0 saturated carbocycles. The number of carbonyl (C=O) groups excluding carboxylic acids is 1. The number of nitrogens with zero attached hydrogens (tertiary/aromatic N) is 3. The molecule has 0 amide bonds. The van der Waals surface area contributed by atoms with Gasteiger partial charge < -0.3 is 10.4 Å². The molecule has 1 atom stereocenters. The van der Waals surface area contributed by atoms with Crippen molar-refractivity contribution in [1.82, 2.24) is 14.8 Å². The Balaban J connectivity index is 1.71. The summed E-state index contributed by atoms with van der Waals surface area (Å²) in [6.45, 7) is 4.21. The molecular weight excluding hydrogens is 372 g/mol. The molecule has 0 spiro atoms. The zero-order valence-electron chi connectivity index (χ0n) is 15.6. The molecule has 7 heteroatoms. The number of anilines is 1. The maximum absolute atomic E-state index is 13.1. The van der Waals surface area contributed by atoms with Crippen molar-refractivity contribution in [2.24, 2.45) is 5.41 Å². The second-order valence-corrected chi connectivity index (χ2v) is 9.08. The lowest BCUT2D eigenvalue weighted by atomic mass is 9.73. The van der Waals surface area contributed by atoms with Gasteiger partial charge in [0.25, 0.3) is 0 Å². The first-order chi connectivity index (χ1) is 13.4. The van der Waals surface area contributed by atoms with Gasteiger partial charge in [0.2, 0.25) is 5.95 Å². The molecule has 1 aliphatic heterocycles. The molecule has 2 N–H and O–H groups in total. The number of aromatic hydroxyl groups is 1. The lowest BCUT2D eigenvalue weighted by Gasteiger charge is -2.38.